The molecule has 2 aromatic rings. The average molecular weight is 386 g/mol. The fraction of sp³-hybridized carbons (Fsp3) is 0.524. The first-order chi connectivity index (χ1) is 13.6. The first kappa shape index (κ1) is 20.0. The summed E-state index contributed by atoms with van der Waals surface area (Å²) in [7, 11) is 5.45. The molecule has 7 nitrogen and oxygen atoms in total. The van der Waals surface area contributed by atoms with Crippen LogP contribution in [-0.4, -0.2) is 60.5 Å². The van der Waals surface area contributed by atoms with Gasteiger partial charge in [-0.15, -0.1) is 0 Å². The van der Waals surface area contributed by atoms with E-state index in [2.05, 4.69) is 26.5 Å². The largest absolute Gasteiger partial charge is 0.493 e. The number of nitrogens with one attached hydrogen (secondary N) is 1. The number of guanidine groups is 1. The number of rotatable bonds is 7. The Kier molecular flexibility index (Phi) is 6.79. The fourth-order valence-electron chi connectivity index (χ4n) is 3.64. The quantitative estimate of drug-likeness (QED) is 0.585. The third-order valence-electron chi connectivity index (χ3n) is 5.02. The summed E-state index contributed by atoms with van der Waals surface area (Å²) in [5.74, 6) is 3.07. The van der Waals surface area contributed by atoms with Crippen molar-refractivity contribution in [1.29, 1.82) is 0 Å². The van der Waals surface area contributed by atoms with Gasteiger partial charge in [0.25, 0.3) is 0 Å². The average Bonchev–Trinajstić information content (AvgIpc) is 3.32. The Morgan fingerprint density at radius 1 is 1.36 bits per heavy atom. The summed E-state index contributed by atoms with van der Waals surface area (Å²) in [5, 5.41) is 7.72. The topological polar surface area (TPSA) is 63.9 Å². The summed E-state index contributed by atoms with van der Waals surface area (Å²) in [6.45, 7) is 4.75. The summed E-state index contributed by atoms with van der Waals surface area (Å²) in [6.07, 6.45) is 6.29. The van der Waals surface area contributed by atoms with E-state index in [1.165, 1.54) is 12.0 Å². The molecule has 0 amide bonds. The van der Waals surface area contributed by atoms with Crippen LogP contribution in [0.15, 0.2) is 41.7 Å². The van der Waals surface area contributed by atoms with Crippen molar-refractivity contribution in [2.45, 2.75) is 25.9 Å². The van der Waals surface area contributed by atoms with E-state index in [1.807, 2.05) is 56.2 Å². The van der Waals surface area contributed by atoms with E-state index in [4.69, 9.17) is 9.47 Å². The number of hydrogen-bond donors (Lipinski definition) is 1. The smallest absolute Gasteiger partial charge is 0.193 e. The highest BCUT2D eigenvalue weighted by Gasteiger charge is 2.25. The van der Waals surface area contributed by atoms with Gasteiger partial charge < -0.3 is 19.7 Å². The predicted octanol–water partition coefficient (Wildman–Crippen LogP) is 2.34. The fourth-order valence-corrected chi connectivity index (χ4v) is 3.64. The Bertz CT molecular complexity index is 789. The van der Waals surface area contributed by atoms with Gasteiger partial charge in [-0.25, -0.2) is 0 Å². The van der Waals surface area contributed by atoms with Crippen molar-refractivity contribution in [2.24, 2.45) is 18.0 Å². The highest BCUT2D eigenvalue weighted by molar-refractivity contribution is 5.80. The van der Waals surface area contributed by atoms with E-state index in [0.29, 0.717) is 12.5 Å². The summed E-state index contributed by atoms with van der Waals surface area (Å²) in [4.78, 5) is 6.79. The van der Waals surface area contributed by atoms with Gasteiger partial charge in [-0.05, 0) is 43.4 Å². The first-order valence-corrected chi connectivity index (χ1v) is 9.81. The molecule has 28 heavy (non-hydrogen) atoms. The number of ether oxygens (including phenoxy) is 2. The minimum absolute atomic E-state index is 0.0122. The lowest BCUT2D eigenvalue weighted by atomic mass is 10.0. The molecule has 0 bridgehead atoms. The molecule has 0 radical (unpaired) electrons. The summed E-state index contributed by atoms with van der Waals surface area (Å²) < 4.78 is 13.2. The molecule has 1 aromatic carbocycles. The maximum Gasteiger partial charge on any atom is 0.193 e. The highest BCUT2D eigenvalue weighted by Crippen LogP contribution is 2.26. The van der Waals surface area contributed by atoms with Crippen LogP contribution < -0.4 is 14.8 Å². The van der Waals surface area contributed by atoms with Crippen molar-refractivity contribution in [3.05, 3.63) is 42.2 Å². The number of hydrogen-bond acceptors (Lipinski definition) is 4. The molecule has 2 heterocycles. The number of aliphatic imine (C=N–C) groups is 1. The second kappa shape index (κ2) is 9.48. The lowest BCUT2D eigenvalue weighted by Gasteiger charge is -2.24. The SMILES string of the molecule is CN=C(NCC(C)Oc1ccccc1OC)N1CCC(Cc2cnn(C)c2)C1. The number of aryl methyl sites for hydroxylation is 1. The van der Waals surface area contributed by atoms with Gasteiger partial charge >= 0.3 is 0 Å². The molecule has 7 heteroatoms. The molecule has 1 saturated heterocycles. The minimum Gasteiger partial charge on any atom is -0.493 e. The molecule has 0 aliphatic carbocycles. The third-order valence-corrected chi connectivity index (χ3v) is 5.02. The monoisotopic (exact) mass is 385 g/mol. The van der Waals surface area contributed by atoms with E-state index in [9.17, 15) is 0 Å². The molecule has 0 spiro atoms. The number of likely N-dealkylation sites (tertiary alicyclic amines) is 1. The van der Waals surface area contributed by atoms with Gasteiger partial charge in [0.15, 0.2) is 17.5 Å². The number of aromatic nitrogens is 2. The normalized spacial score (nSPS) is 18.2. The number of benzene rings is 1. The van der Waals surface area contributed by atoms with Gasteiger partial charge in [0, 0.05) is 33.4 Å². The zero-order valence-electron chi connectivity index (χ0n) is 17.3. The molecule has 1 aromatic heterocycles. The molecule has 2 atom stereocenters. The minimum atomic E-state index is -0.0122. The van der Waals surface area contributed by atoms with Crippen LogP contribution in [0.1, 0.15) is 18.9 Å². The standard InChI is InChI=1S/C21H31N5O2/c1-16(28-20-8-6-5-7-19(20)27-4)12-23-21(22-2)26-10-9-17(15-26)11-18-13-24-25(3)14-18/h5-8,13-14,16-17H,9-12,15H2,1-4H3,(H,22,23). The van der Waals surface area contributed by atoms with Crippen LogP contribution in [0.2, 0.25) is 0 Å². The summed E-state index contributed by atoms with van der Waals surface area (Å²) in [6, 6.07) is 7.71. The molecule has 1 aliphatic rings. The number of nitrogens with zero attached hydrogens (tertiary/aromatic N) is 4. The van der Waals surface area contributed by atoms with E-state index in [1.54, 1.807) is 7.11 Å². The lowest BCUT2D eigenvalue weighted by molar-refractivity contribution is 0.212. The van der Waals surface area contributed by atoms with Crippen molar-refractivity contribution in [3.8, 4) is 11.5 Å². The van der Waals surface area contributed by atoms with E-state index < -0.39 is 0 Å². The highest BCUT2D eigenvalue weighted by atomic mass is 16.5. The second-order valence-corrected chi connectivity index (χ2v) is 7.33. The molecule has 3 rings (SSSR count). The molecule has 1 N–H and O–H groups in total. The van der Waals surface area contributed by atoms with Crippen LogP contribution in [0, 0.1) is 5.92 Å². The Hall–Kier alpha value is -2.70. The molecule has 2 unspecified atom stereocenters. The zero-order chi connectivity index (χ0) is 19.9. The summed E-state index contributed by atoms with van der Waals surface area (Å²) in [5.41, 5.74) is 1.30. The lowest BCUT2D eigenvalue weighted by Crippen LogP contribution is -2.43. The van der Waals surface area contributed by atoms with Gasteiger partial charge in [-0.1, -0.05) is 12.1 Å². The van der Waals surface area contributed by atoms with Crippen molar-refractivity contribution >= 4 is 5.96 Å². The van der Waals surface area contributed by atoms with Gasteiger partial charge in [0.1, 0.15) is 6.10 Å². The van der Waals surface area contributed by atoms with Crippen LogP contribution in [0.5, 0.6) is 11.5 Å². The van der Waals surface area contributed by atoms with Gasteiger partial charge in [-0.2, -0.15) is 5.10 Å². The van der Waals surface area contributed by atoms with E-state index >= 15 is 0 Å². The zero-order valence-corrected chi connectivity index (χ0v) is 17.3. The number of methoxy groups -OCH3 is 1. The molecule has 1 aliphatic heterocycles. The first-order valence-electron chi connectivity index (χ1n) is 9.81. The Balaban J connectivity index is 1.48. The van der Waals surface area contributed by atoms with Crippen molar-refractivity contribution in [3.63, 3.8) is 0 Å². The summed E-state index contributed by atoms with van der Waals surface area (Å²) >= 11 is 0. The second-order valence-electron chi connectivity index (χ2n) is 7.33. The van der Waals surface area contributed by atoms with E-state index in [0.717, 1.165) is 37.0 Å². The maximum atomic E-state index is 6.03. The third kappa shape index (κ3) is 5.18. The van der Waals surface area contributed by atoms with Crippen molar-refractivity contribution in [2.75, 3.05) is 33.8 Å². The van der Waals surface area contributed by atoms with Crippen LogP contribution in [0.25, 0.3) is 0 Å². The number of para-hydroxylation sites is 2. The van der Waals surface area contributed by atoms with Gasteiger partial charge in [0.2, 0.25) is 0 Å². The molecule has 1 fully saturated rings. The maximum absolute atomic E-state index is 6.03. The predicted molar refractivity (Wildman–Crippen MR) is 111 cm³/mol. The van der Waals surface area contributed by atoms with E-state index in [-0.39, 0.29) is 6.10 Å². The van der Waals surface area contributed by atoms with Crippen LogP contribution in [-0.2, 0) is 13.5 Å². The van der Waals surface area contributed by atoms with Crippen molar-refractivity contribution < 1.29 is 9.47 Å². The van der Waals surface area contributed by atoms with Crippen LogP contribution >= 0.6 is 0 Å². The molecular weight excluding hydrogens is 354 g/mol. The van der Waals surface area contributed by atoms with Crippen molar-refractivity contribution in [1.82, 2.24) is 20.0 Å². The van der Waals surface area contributed by atoms with Gasteiger partial charge in [0.05, 0.1) is 19.9 Å². The molecular formula is C21H31N5O2. The van der Waals surface area contributed by atoms with Crippen LogP contribution in [0.4, 0.5) is 0 Å². The van der Waals surface area contributed by atoms with Gasteiger partial charge in [-0.3, -0.25) is 9.67 Å². The van der Waals surface area contributed by atoms with Crippen LogP contribution in [0.3, 0.4) is 0 Å². The Morgan fingerprint density at radius 3 is 2.82 bits per heavy atom. The molecule has 0 saturated carbocycles. The molecule has 152 valence electrons. The Morgan fingerprint density at radius 2 is 2.14 bits per heavy atom. The Labute approximate surface area is 167 Å².